The molecule has 2 fully saturated rings. The van der Waals surface area contributed by atoms with Gasteiger partial charge in [0.05, 0.1) is 32.0 Å². The van der Waals surface area contributed by atoms with E-state index in [0.29, 0.717) is 12.8 Å². The van der Waals surface area contributed by atoms with Crippen molar-refractivity contribution >= 4 is 5.91 Å². The van der Waals surface area contributed by atoms with Gasteiger partial charge in [0.15, 0.2) is 12.6 Å². The van der Waals surface area contributed by atoms with Gasteiger partial charge in [0.2, 0.25) is 5.91 Å². The van der Waals surface area contributed by atoms with Crippen molar-refractivity contribution < 1.29 is 64.6 Å². The van der Waals surface area contributed by atoms with Gasteiger partial charge in [0.1, 0.15) is 48.8 Å². The van der Waals surface area contributed by atoms with Crippen LogP contribution in [-0.2, 0) is 23.7 Å². The molecule has 0 aliphatic carbocycles. The minimum atomic E-state index is -1.78. The van der Waals surface area contributed by atoms with Gasteiger partial charge in [-0.1, -0.05) is 354 Å². The highest BCUT2D eigenvalue weighted by atomic mass is 16.7. The topological polar surface area (TPSA) is 228 Å². The number of ether oxygens (including phenoxy) is 4. The first-order chi connectivity index (χ1) is 43.1. The quantitative estimate of drug-likeness (QED) is 0.0259. The number of aliphatic hydroxyl groups is 8. The van der Waals surface area contributed by atoms with E-state index >= 15 is 0 Å². The molecule has 0 aromatic rings. The summed E-state index contributed by atoms with van der Waals surface area (Å²) in [4.78, 5) is 13.4. The van der Waals surface area contributed by atoms with Gasteiger partial charge < -0.3 is 65.1 Å². The molecule has 9 N–H and O–H groups in total. The third kappa shape index (κ3) is 43.1. The molecule has 88 heavy (non-hydrogen) atoms. The maximum Gasteiger partial charge on any atom is 0.220 e. The third-order valence-electron chi connectivity index (χ3n) is 19.3. The van der Waals surface area contributed by atoms with Crippen molar-refractivity contribution in [3.8, 4) is 0 Å². The molecule has 2 aliphatic rings. The van der Waals surface area contributed by atoms with E-state index in [4.69, 9.17) is 18.9 Å². The van der Waals surface area contributed by atoms with Crippen LogP contribution in [0.1, 0.15) is 373 Å². The van der Waals surface area contributed by atoms with E-state index in [1.807, 2.05) is 0 Å². The van der Waals surface area contributed by atoms with Crippen LogP contribution in [0.4, 0.5) is 0 Å². The first kappa shape index (κ1) is 83.1. The summed E-state index contributed by atoms with van der Waals surface area (Å²) in [5, 5.41) is 87.7. The molecule has 2 aliphatic heterocycles. The van der Waals surface area contributed by atoms with Crippen molar-refractivity contribution in [3.63, 3.8) is 0 Å². The Balaban J connectivity index is 1.61. The van der Waals surface area contributed by atoms with Crippen molar-refractivity contribution in [1.29, 1.82) is 0 Å². The first-order valence-electron chi connectivity index (χ1n) is 38.3. The monoisotopic (exact) mass is 1260 g/mol. The van der Waals surface area contributed by atoms with Gasteiger partial charge in [-0.25, -0.2) is 0 Å². The molecule has 0 radical (unpaired) electrons. The number of carbonyl (C=O) groups excluding carboxylic acids is 1. The van der Waals surface area contributed by atoms with Gasteiger partial charge in [0.25, 0.3) is 0 Å². The summed E-state index contributed by atoms with van der Waals surface area (Å²) in [5.74, 6) is -0.196. The Bertz CT molecular complexity index is 1480. The van der Waals surface area contributed by atoms with Crippen LogP contribution in [0.15, 0.2) is 0 Å². The zero-order chi connectivity index (χ0) is 63.8. The zero-order valence-electron chi connectivity index (χ0n) is 57.3. The van der Waals surface area contributed by atoms with Crippen molar-refractivity contribution in [2.75, 3.05) is 19.8 Å². The number of nitrogens with one attached hydrogen (secondary N) is 1. The number of carbonyl (C=O) groups is 1. The molecule has 524 valence electrons. The van der Waals surface area contributed by atoms with Crippen molar-refractivity contribution in [2.24, 2.45) is 0 Å². The number of hydrogen-bond acceptors (Lipinski definition) is 13. The van der Waals surface area contributed by atoms with Gasteiger partial charge >= 0.3 is 0 Å². The standard InChI is InChI=1S/C74H145NO13/c1-3-5-7-9-11-13-15-17-19-21-23-25-26-27-28-29-30-31-32-33-34-35-36-38-39-41-43-45-47-49-51-53-55-57-63(78)62(61-85-73-71(84)69(82)72(65(60-77)87-73)88-74-70(83)68(81)67(80)64(59-76)86-74)75-66(79)58-56-54-52-50-48-46-44-42-40-37-24-22-20-18-16-14-12-10-8-6-4-2/h62-65,67-74,76-78,80-84H,3-61H2,1-2H3,(H,75,79). The second-order valence-corrected chi connectivity index (χ2v) is 27.5. The Labute approximate surface area is 540 Å². The van der Waals surface area contributed by atoms with Gasteiger partial charge in [-0.15, -0.1) is 0 Å². The minimum absolute atomic E-state index is 0.196. The number of hydrogen-bond donors (Lipinski definition) is 9. The molecular weight excluding hydrogens is 1110 g/mol. The van der Waals surface area contributed by atoms with Crippen LogP contribution in [0.5, 0.6) is 0 Å². The lowest BCUT2D eigenvalue weighted by Gasteiger charge is -2.46. The molecule has 0 spiro atoms. The summed E-state index contributed by atoms with van der Waals surface area (Å²) in [6.07, 6.45) is 55.7. The maximum atomic E-state index is 13.4. The minimum Gasteiger partial charge on any atom is -0.394 e. The predicted octanol–water partition coefficient (Wildman–Crippen LogP) is 16.4. The van der Waals surface area contributed by atoms with Crippen LogP contribution in [0.25, 0.3) is 0 Å². The fourth-order valence-corrected chi connectivity index (χ4v) is 13.2. The molecule has 14 heteroatoms. The van der Waals surface area contributed by atoms with E-state index in [2.05, 4.69) is 19.2 Å². The van der Waals surface area contributed by atoms with Crippen molar-refractivity contribution in [1.82, 2.24) is 5.32 Å². The molecular formula is C74H145NO13. The largest absolute Gasteiger partial charge is 0.394 e. The fourth-order valence-electron chi connectivity index (χ4n) is 13.2. The molecule has 12 atom stereocenters. The zero-order valence-corrected chi connectivity index (χ0v) is 57.3. The highest BCUT2D eigenvalue weighted by Gasteiger charge is 2.51. The molecule has 12 unspecified atom stereocenters. The van der Waals surface area contributed by atoms with Gasteiger partial charge in [-0.2, -0.15) is 0 Å². The van der Waals surface area contributed by atoms with E-state index in [1.165, 1.54) is 295 Å². The van der Waals surface area contributed by atoms with Gasteiger partial charge in [-0.3, -0.25) is 4.79 Å². The fraction of sp³-hybridized carbons (Fsp3) is 0.986. The van der Waals surface area contributed by atoms with E-state index < -0.39 is 86.8 Å². The Hall–Kier alpha value is -1.01. The lowest BCUT2D eigenvalue weighted by atomic mass is 9.97. The lowest BCUT2D eigenvalue weighted by molar-refractivity contribution is -0.359. The van der Waals surface area contributed by atoms with Crippen LogP contribution in [0.2, 0.25) is 0 Å². The Morgan fingerprint density at radius 1 is 0.364 bits per heavy atom. The molecule has 2 rings (SSSR count). The molecule has 2 heterocycles. The molecule has 0 bridgehead atoms. The average molecular weight is 1260 g/mol. The summed E-state index contributed by atoms with van der Waals surface area (Å²) in [6, 6.07) is -0.825. The van der Waals surface area contributed by atoms with E-state index in [9.17, 15) is 45.6 Å². The Morgan fingerprint density at radius 3 is 0.966 bits per heavy atom. The van der Waals surface area contributed by atoms with Gasteiger partial charge in [-0.05, 0) is 12.8 Å². The first-order valence-corrected chi connectivity index (χ1v) is 38.3. The second kappa shape index (κ2) is 59.7. The summed E-state index contributed by atoms with van der Waals surface area (Å²) in [6.45, 7) is 2.94. The molecule has 0 aromatic carbocycles. The summed E-state index contributed by atoms with van der Waals surface area (Å²) >= 11 is 0. The molecule has 0 aromatic heterocycles. The predicted molar refractivity (Wildman–Crippen MR) is 360 cm³/mol. The highest BCUT2D eigenvalue weighted by Crippen LogP contribution is 2.30. The summed E-state index contributed by atoms with van der Waals surface area (Å²) in [5.41, 5.74) is 0. The molecule has 14 nitrogen and oxygen atoms in total. The SMILES string of the molecule is CCCCCCCCCCCCCCCCCCCCCCCCCCCCCCCCCCCC(O)C(COC1OC(CO)C(OC2OC(CO)C(O)C(O)C2O)C(O)C1O)NC(=O)CCCCCCCCCCCCCCCCCCCCCCC. The lowest BCUT2D eigenvalue weighted by Crippen LogP contribution is -2.65. The van der Waals surface area contributed by atoms with Crippen LogP contribution in [0.3, 0.4) is 0 Å². The van der Waals surface area contributed by atoms with Crippen LogP contribution >= 0.6 is 0 Å². The van der Waals surface area contributed by atoms with E-state index in [-0.39, 0.29) is 12.5 Å². The number of unbranched alkanes of at least 4 members (excludes halogenated alkanes) is 52. The Kier molecular flexibility index (Phi) is 56.4. The van der Waals surface area contributed by atoms with E-state index in [1.54, 1.807) is 0 Å². The third-order valence-corrected chi connectivity index (χ3v) is 19.3. The van der Waals surface area contributed by atoms with Crippen LogP contribution < -0.4 is 5.32 Å². The summed E-state index contributed by atoms with van der Waals surface area (Å²) < 4.78 is 23.0. The smallest absolute Gasteiger partial charge is 0.220 e. The number of rotatable bonds is 65. The van der Waals surface area contributed by atoms with Crippen molar-refractivity contribution in [2.45, 2.75) is 447 Å². The van der Waals surface area contributed by atoms with E-state index in [0.717, 1.165) is 51.4 Å². The normalized spacial score (nSPS) is 23.0. The van der Waals surface area contributed by atoms with Crippen LogP contribution in [0, 0.1) is 0 Å². The maximum absolute atomic E-state index is 13.4. The number of amides is 1. The summed E-state index contributed by atoms with van der Waals surface area (Å²) in [7, 11) is 0. The number of aliphatic hydroxyl groups excluding tert-OH is 8. The average Bonchev–Trinajstić information content (AvgIpc) is 2.02. The second-order valence-electron chi connectivity index (χ2n) is 27.5. The van der Waals surface area contributed by atoms with Crippen LogP contribution in [-0.4, -0.2) is 140 Å². The highest BCUT2D eigenvalue weighted by molar-refractivity contribution is 5.76. The molecule has 2 saturated heterocycles. The van der Waals surface area contributed by atoms with Crippen molar-refractivity contribution in [3.05, 3.63) is 0 Å². The van der Waals surface area contributed by atoms with Gasteiger partial charge in [0, 0.05) is 6.42 Å². The molecule has 0 saturated carbocycles. The molecule has 1 amide bonds. The Morgan fingerprint density at radius 2 is 0.648 bits per heavy atom.